The Kier molecular flexibility index (Phi) is 9.05. The fourth-order valence-corrected chi connectivity index (χ4v) is 5.46. The summed E-state index contributed by atoms with van der Waals surface area (Å²) in [6.07, 6.45) is 2.66. The van der Waals surface area contributed by atoms with Gasteiger partial charge in [-0.15, -0.1) is 0 Å². The van der Waals surface area contributed by atoms with Crippen LogP contribution in [0.25, 0.3) is 0 Å². The molecule has 2 aromatic carbocycles. The smallest absolute Gasteiger partial charge is 0.305 e. The topological polar surface area (TPSA) is 102 Å². The van der Waals surface area contributed by atoms with Crippen LogP contribution in [0, 0.1) is 11.8 Å². The Morgan fingerprint density at radius 3 is 2.37 bits per heavy atom. The molecule has 4 rings (SSSR count). The minimum atomic E-state index is -0.898. The number of nitrogens with two attached hydrogens (primary N) is 1. The molecule has 2 amide bonds. The van der Waals surface area contributed by atoms with Crippen molar-refractivity contribution in [2.75, 3.05) is 20.2 Å². The first-order valence-corrected chi connectivity index (χ1v) is 13.5. The summed E-state index contributed by atoms with van der Waals surface area (Å²) in [7, 11) is 1.28. The lowest BCUT2D eigenvalue weighted by molar-refractivity contribution is -0.141. The molecule has 2 N–H and O–H groups in total. The number of hydrogen-bond acceptors (Lipinski definition) is 6. The van der Waals surface area contributed by atoms with Gasteiger partial charge in [-0.05, 0) is 67.4 Å². The summed E-state index contributed by atoms with van der Waals surface area (Å²) < 4.78 is 10.8. The Hall–Kier alpha value is -3.39. The van der Waals surface area contributed by atoms with Crippen molar-refractivity contribution in [1.82, 2.24) is 9.80 Å². The van der Waals surface area contributed by atoms with E-state index in [4.69, 9.17) is 10.5 Å². The highest BCUT2D eigenvalue weighted by atomic mass is 16.5. The number of methoxy groups -OCH3 is 1. The number of carbonyl (C=O) groups excluding carboxylic acids is 3. The van der Waals surface area contributed by atoms with Gasteiger partial charge in [-0.1, -0.05) is 44.2 Å². The van der Waals surface area contributed by atoms with Crippen LogP contribution in [0.1, 0.15) is 66.6 Å². The van der Waals surface area contributed by atoms with Gasteiger partial charge in [-0.3, -0.25) is 19.3 Å². The number of nitrogens with zero attached hydrogens (tertiary/aromatic N) is 2. The number of primary amides is 1. The molecule has 0 aliphatic carbocycles. The van der Waals surface area contributed by atoms with E-state index in [0.717, 1.165) is 42.6 Å². The highest BCUT2D eigenvalue weighted by Gasteiger charge is 2.37. The van der Waals surface area contributed by atoms with Crippen molar-refractivity contribution < 1.29 is 23.9 Å². The molecule has 1 unspecified atom stereocenters. The Balaban J connectivity index is 1.35. The Morgan fingerprint density at radius 1 is 1.05 bits per heavy atom. The van der Waals surface area contributed by atoms with Gasteiger partial charge >= 0.3 is 5.97 Å². The Labute approximate surface area is 225 Å². The zero-order chi connectivity index (χ0) is 27.2. The van der Waals surface area contributed by atoms with Crippen LogP contribution in [0.4, 0.5) is 0 Å². The molecule has 0 bridgehead atoms. The summed E-state index contributed by atoms with van der Waals surface area (Å²) in [5.74, 6) is 0.814. The van der Waals surface area contributed by atoms with Crippen LogP contribution in [-0.4, -0.2) is 53.8 Å². The maximum Gasteiger partial charge on any atom is 0.305 e. The molecule has 204 valence electrons. The molecule has 1 fully saturated rings. The minimum Gasteiger partial charge on any atom is -0.489 e. The van der Waals surface area contributed by atoms with E-state index < -0.39 is 17.9 Å². The quantitative estimate of drug-likeness (QED) is 0.450. The first kappa shape index (κ1) is 27.6. The summed E-state index contributed by atoms with van der Waals surface area (Å²) in [5.41, 5.74) is 9.13. The number of likely N-dealkylation sites (tertiary alicyclic amines) is 1. The molecule has 8 nitrogen and oxygen atoms in total. The van der Waals surface area contributed by atoms with Gasteiger partial charge in [-0.2, -0.15) is 0 Å². The lowest BCUT2D eigenvalue weighted by atomic mass is 9.86. The van der Waals surface area contributed by atoms with Crippen LogP contribution in [-0.2, 0) is 34.0 Å². The third kappa shape index (κ3) is 6.54. The van der Waals surface area contributed by atoms with Crippen LogP contribution in [0.5, 0.6) is 5.75 Å². The maximum absolute atomic E-state index is 13.1. The third-order valence-corrected chi connectivity index (χ3v) is 7.91. The summed E-state index contributed by atoms with van der Waals surface area (Å²) in [4.78, 5) is 40.7. The Bertz CT molecular complexity index is 1140. The van der Waals surface area contributed by atoms with E-state index in [1.54, 1.807) is 12.1 Å². The molecule has 0 spiro atoms. The molecule has 2 aliphatic heterocycles. The average Bonchev–Trinajstić information content (AvgIpc) is 3.25. The highest BCUT2D eigenvalue weighted by Crippen LogP contribution is 2.33. The van der Waals surface area contributed by atoms with Gasteiger partial charge in [-0.25, -0.2) is 0 Å². The molecule has 8 heteroatoms. The minimum absolute atomic E-state index is 0.000190. The summed E-state index contributed by atoms with van der Waals surface area (Å²) in [6, 6.07) is 12.9. The van der Waals surface area contributed by atoms with Crippen molar-refractivity contribution in [2.24, 2.45) is 17.6 Å². The van der Waals surface area contributed by atoms with Crippen LogP contribution in [0.15, 0.2) is 42.5 Å². The van der Waals surface area contributed by atoms with E-state index in [9.17, 15) is 14.4 Å². The number of benzene rings is 2. The normalized spacial score (nSPS) is 16.9. The first-order chi connectivity index (χ1) is 18.3. The molecule has 2 aromatic rings. The van der Waals surface area contributed by atoms with Crippen LogP contribution in [0.2, 0.25) is 0 Å². The van der Waals surface area contributed by atoms with Crippen molar-refractivity contribution in [3.63, 3.8) is 0 Å². The van der Waals surface area contributed by atoms with E-state index in [1.165, 1.54) is 30.4 Å². The molecular formula is C30H39N3O5. The fraction of sp³-hybridized carbons (Fsp3) is 0.500. The zero-order valence-electron chi connectivity index (χ0n) is 22.7. The molecule has 0 aromatic heterocycles. The molecule has 1 atom stereocenters. The van der Waals surface area contributed by atoms with Gasteiger partial charge in [0.05, 0.1) is 13.7 Å². The van der Waals surface area contributed by atoms with E-state index in [2.05, 4.69) is 47.7 Å². The van der Waals surface area contributed by atoms with E-state index >= 15 is 0 Å². The van der Waals surface area contributed by atoms with Crippen molar-refractivity contribution in [1.29, 1.82) is 0 Å². The maximum atomic E-state index is 13.1. The number of rotatable bonds is 11. The number of esters is 1. The number of piperidine rings is 1. The second-order valence-corrected chi connectivity index (χ2v) is 10.7. The van der Waals surface area contributed by atoms with Crippen molar-refractivity contribution >= 4 is 17.8 Å². The number of hydrogen-bond donors (Lipinski definition) is 1. The number of ether oxygens (including phenoxy) is 2. The van der Waals surface area contributed by atoms with E-state index in [1.807, 2.05) is 6.07 Å². The van der Waals surface area contributed by atoms with Gasteiger partial charge in [0.25, 0.3) is 5.91 Å². The van der Waals surface area contributed by atoms with Gasteiger partial charge in [0.2, 0.25) is 5.91 Å². The van der Waals surface area contributed by atoms with Gasteiger partial charge in [0, 0.05) is 24.1 Å². The van der Waals surface area contributed by atoms with Gasteiger partial charge in [0.15, 0.2) is 0 Å². The number of carbonyl (C=O) groups is 3. The summed E-state index contributed by atoms with van der Waals surface area (Å²) in [6.45, 7) is 8.49. The molecule has 0 radical (unpaired) electrons. The largest absolute Gasteiger partial charge is 0.489 e. The average molecular weight is 522 g/mol. The molecular weight excluding hydrogens is 482 g/mol. The van der Waals surface area contributed by atoms with Gasteiger partial charge in [0.1, 0.15) is 18.4 Å². The monoisotopic (exact) mass is 521 g/mol. The number of fused-ring (bicyclic) bond motifs is 1. The van der Waals surface area contributed by atoms with E-state index in [0.29, 0.717) is 17.9 Å². The summed E-state index contributed by atoms with van der Waals surface area (Å²) >= 11 is 0. The lowest BCUT2D eigenvalue weighted by Gasteiger charge is -2.33. The predicted octanol–water partition coefficient (Wildman–Crippen LogP) is 3.90. The predicted molar refractivity (Wildman–Crippen MR) is 144 cm³/mol. The van der Waals surface area contributed by atoms with Crippen LogP contribution >= 0.6 is 0 Å². The molecule has 38 heavy (non-hydrogen) atoms. The van der Waals surface area contributed by atoms with Crippen LogP contribution < -0.4 is 10.5 Å². The SMILES string of the molecule is COC(=O)CCC(C(N)=O)N1Cc2c(OCc3ccc(CN4CCC(C(C)C)CC4)cc3)cccc2C1=O. The van der Waals surface area contributed by atoms with Crippen LogP contribution in [0.3, 0.4) is 0 Å². The lowest BCUT2D eigenvalue weighted by Crippen LogP contribution is -2.45. The molecule has 2 aliphatic rings. The van der Waals surface area contributed by atoms with Crippen molar-refractivity contribution in [2.45, 2.75) is 65.3 Å². The zero-order valence-corrected chi connectivity index (χ0v) is 22.7. The first-order valence-electron chi connectivity index (χ1n) is 13.5. The van der Waals surface area contributed by atoms with Gasteiger partial charge < -0.3 is 20.1 Å². The number of amides is 2. The third-order valence-electron chi connectivity index (χ3n) is 7.91. The second-order valence-electron chi connectivity index (χ2n) is 10.7. The standard InChI is InChI=1S/C30H39N3O5/c1-20(2)23-13-15-32(16-14-23)17-21-7-9-22(10-8-21)19-38-27-6-4-5-24-25(27)18-33(30(24)36)26(29(31)35)11-12-28(34)37-3/h4-10,20,23,26H,11-19H2,1-3H3,(H2,31,35). The Morgan fingerprint density at radius 2 is 1.74 bits per heavy atom. The molecule has 2 heterocycles. The molecule has 0 saturated carbocycles. The van der Waals surface area contributed by atoms with Crippen molar-refractivity contribution in [3.8, 4) is 5.75 Å². The highest BCUT2D eigenvalue weighted by molar-refractivity contribution is 6.01. The van der Waals surface area contributed by atoms with E-state index in [-0.39, 0.29) is 25.3 Å². The molecule has 1 saturated heterocycles. The fourth-order valence-electron chi connectivity index (χ4n) is 5.46. The van der Waals surface area contributed by atoms with Crippen molar-refractivity contribution in [3.05, 3.63) is 64.7 Å². The summed E-state index contributed by atoms with van der Waals surface area (Å²) in [5, 5.41) is 0. The second kappa shape index (κ2) is 12.4.